The van der Waals surface area contributed by atoms with Gasteiger partial charge in [0.1, 0.15) is 11.9 Å². The van der Waals surface area contributed by atoms with E-state index in [1.54, 1.807) is 30.9 Å². The predicted molar refractivity (Wildman–Crippen MR) is 102 cm³/mol. The molecule has 140 valence electrons. The fourth-order valence-electron chi connectivity index (χ4n) is 3.48. The zero-order chi connectivity index (χ0) is 18.6. The lowest BCUT2D eigenvalue weighted by molar-refractivity contribution is 0.170. The number of nitrogens with zero attached hydrogens (tertiary/aromatic N) is 3. The van der Waals surface area contributed by atoms with E-state index in [1.807, 2.05) is 12.1 Å². The number of phenolic OH excluding ortho intramolecular Hbond substituents is 1. The summed E-state index contributed by atoms with van der Waals surface area (Å²) in [5.41, 5.74) is 9.10. The zero-order valence-electron chi connectivity index (χ0n) is 15.0. The standard InChI is InChI=1S/C20H23N5O2/c21-15-3-1-2-4-16(8-15)27-20-12-22-18(11-23-20)17-6-5-13(7-19(17)26)14-9-24-25-10-14/h5-7,9-12,15-16,26H,1-4,8,21H2,(H,24,25). The Bertz CT molecular complexity index is 880. The summed E-state index contributed by atoms with van der Waals surface area (Å²) in [6.45, 7) is 0. The molecule has 0 bridgehead atoms. The first-order valence-electron chi connectivity index (χ1n) is 9.26. The number of benzene rings is 1. The van der Waals surface area contributed by atoms with E-state index in [9.17, 15) is 5.11 Å². The molecule has 7 nitrogen and oxygen atoms in total. The van der Waals surface area contributed by atoms with Crippen molar-refractivity contribution < 1.29 is 9.84 Å². The number of aromatic amines is 1. The van der Waals surface area contributed by atoms with Gasteiger partial charge in [0.15, 0.2) is 0 Å². The monoisotopic (exact) mass is 365 g/mol. The van der Waals surface area contributed by atoms with Gasteiger partial charge >= 0.3 is 0 Å². The van der Waals surface area contributed by atoms with E-state index in [1.165, 1.54) is 0 Å². The minimum Gasteiger partial charge on any atom is -0.507 e. The molecule has 4 rings (SSSR count). The van der Waals surface area contributed by atoms with E-state index in [0.29, 0.717) is 17.1 Å². The van der Waals surface area contributed by atoms with Gasteiger partial charge in [-0.2, -0.15) is 5.10 Å². The van der Waals surface area contributed by atoms with Crippen molar-refractivity contribution in [2.75, 3.05) is 0 Å². The summed E-state index contributed by atoms with van der Waals surface area (Å²) in [6.07, 6.45) is 12.0. The van der Waals surface area contributed by atoms with Crippen molar-refractivity contribution in [1.82, 2.24) is 20.2 Å². The number of rotatable bonds is 4. The van der Waals surface area contributed by atoms with Gasteiger partial charge in [0.2, 0.25) is 5.88 Å². The summed E-state index contributed by atoms with van der Waals surface area (Å²) in [5.74, 6) is 0.638. The first-order valence-corrected chi connectivity index (χ1v) is 9.26. The van der Waals surface area contributed by atoms with E-state index in [4.69, 9.17) is 10.5 Å². The van der Waals surface area contributed by atoms with Gasteiger partial charge in [0.25, 0.3) is 0 Å². The third kappa shape index (κ3) is 4.09. The minimum atomic E-state index is 0.0882. The summed E-state index contributed by atoms with van der Waals surface area (Å²) < 4.78 is 5.97. The first-order chi connectivity index (χ1) is 13.2. The molecule has 1 fully saturated rings. The molecule has 2 unspecified atom stereocenters. The summed E-state index contributed by atoms with van der Waals surface area (Å²) in [4.78, 5) is 8.78. The van der Waals surface area contributed by atoms with Crippen LogP contribution in [0.2, 0.25) is 0 Å². The number of hydrogen-bond donors (Lipinski definition) is 3. The Morgan fingerprint density at radius 2 is 1.96 bits per heavy atom. The van der Waals surface area contributed by atoms with E-state index in [2.05, 4.69) is 20.2 Å². The van der Waals surface area contributed by atoms with E-state index < -0.39 is 0 Å². The highest BCUT2D eigenvalue weighted by atomic mass is 16.5. The second-order valence-corrected chi connectivity index (χ2v) is 6.98. The topological polar surface area (TPSA) is 110 Å². The Kier molecular flexibility index (Phi) is 5.02. The molecule has 1 aliphatic rings. The van der Waals surface area contributed by atoms with Crippen LogP contribution in [-0.2, 0) is 0 Å². The molecule has 1 saturated carbocycles. The van der Waals surface area contributed by atoms with Gasteiger partial charge < -0.3 is 15.6 Å². The first kappa shape index (κ1) is 17.5. The van der Waals surface area contributed by atoms with Crippen molar-refractivity contribution >= 4 is 0 Å². The van der Waals surface area contributed by atoms with Crippen LogP contribution in [-0.4, -0.2) is 37.4 Å². The fourth-order valence-corrected chi connectivity index (χ4v) is 3.48. The lowest BCUT2D eigenvalue weighted by Crippen LogP contribution is -2.27. The van der Waals surface area contributed by atoms with Crippen molar-refractivity contribution in [3.8, 4) is 34.0 Å². The molecule has 0 saturated heterocycles. The molecule has 0 spiro atoms. The fraction of sp³-hybridized carbons (Fsp3) is 0.350. The molecule has 27 heavy (non-hydrogen) atoms. The third-order valence-electron chi connectivity index (χ3n) is 4.94. The molecule has 2 atom stereocenters. The Morgan fingerprint density at radius 1 is 1.07 bits per heavy atom. The molecular weight excluding hydrogens is 342 g/mol. The average Bonchev–Trinajstić information content (AvgIpc) is 3.13. The maximum absolute atomic E-state index is 10.4. The van der Waals surface area contributed by atoms with Gasteiger partial charge in [-0.25, -0.2) is 9.97 Å². The van der Waals surface area contributed by atoms with Crippen LogP contribution in [0.1, 0.15) is 32.1 Å². The van der Waals surface area contributed by atoms with Crippen molar-refractivity contribution in [3.63, 3.8) is 0 Å². The number of H-pyrrole nitrogens is 1. The van der Waals surface area contributed by atoms with Gasteiger partial charge in [0, 0.05) is 23.4 Å². The zero-order valence-corrected chi connectivity index (χ0v) is 15.0. The number of ether oxygens (including phenoxy) is 1. The summed E-state index contributed by atoms with van der Waals surface area (Å²) in [5, 5.41) is 17.1. The minimum absolute atomic E-state index is 0.0882. The second kappa shape index (κ2) is 7.75. The molecule has 3 aromatic rings. The average molecular weight is 365 g/mol. The van der Waals surface area contributed by atoms with Crippen molar-refractivity contribution in [1.29, 1.82) is 0 Å². The predicted octanol–water partition coefficient (Wildman–Crippen LogP) is 3.28. The molecule has 2 heterocycles. The molecule has 7 heteroatoms. The number of hydrogen-bond acceptors (Lipinski definition) is 6. The van der Waals surface area contributed by atoms with Crippen LogP contribution < -0.4 is 10.5 Å². The summed E-state index contributed by atoms with van der Waals surface area (Å²) >= 11 is 0. The van der Waals surface area contributed by atoms with Gasteiger partial charge in [-0.15, -0.1) is 0 Å². The molecule has 0 amide bonds. The van der Waals surface area contributed by atoms with Crippen molar-refractivity contribution in [2.24, 2.45) is 5.73 Å². The van der Waals surface area contributed by atoms with Gasteiger partial charge in [0.05, 0.1) is 24.3 Å². The lowest BCUT2D eigenvalue weighted by atomic mass is 10.0. The second-order valence-electron chi connectivity index (χ2n) is 6.98. The molecule has 0 radical (unpaired) electrons. The van der Waals surface area contributed by atoms with Crippen LogP contribution >= 0.6 is 0 Å². The van der Waals surface area contributed by atoms with Crippen LogP contribution in [0, 0.1) is 0 Å². The lowest BCUT2D eigenvalue weighted by Gasteiger charge is -2.18. The van der Waals surface area contributed by atoms with Crippen LogP contribution in [0.15, 0.2) is 43.0 Å². The van der Waals surface area contributed by atoms with E-state index >= 15 is 0 Å². The molecule has 4 N–H and O–H groups in total. The van der Waals surface area contributed by atoms with Crippen LogP contribution in [0.4, 0.5) is 0 Å². The SMILES string of the molecule is NC1CCCCC(Oc2cnc(-c3ccc(-c4cn[nH]c4)cc3O)cn2)C1. The highest BCUT2D eigenvalue weighted by Gasteiger charge is 2.19. The number of nitrogens with two attached hydrogens (primary N) is 1. The number of aromatic nitrogens is 4. The Balaban J connectivity index is 1.49. The number of nitrogens with one attached hydrogen (secondary N) is 1. The van der Waals surface area contributed by atoms with Crippen LogP contribution in [0.3, 0.4) is 0 Å². The van der Waals surface area contributed by atoms with Gasteiger partial charge in [-0.05, 0) is 43.4 Å². The summed E-state index contributed by atoms with van der Waals surface area (Å²) in [7, 11) is 0. The summed E-state index contributed by atoms with van der Waals surface area (Å²) in [6, 6.07) is 5.63. The highest BCUT2D eigenvalue weighted by Crippen LogP contribution is 2.32. The quantitative estimate of drug-likeness (QED) is 0.612. The molecule has 0 aliphatic heterocycles. The van der Waals surface area contributed by atoms with Crippen LogP contribution in [0.25, 0.3) is 22.4 Å². The Labute approximate surface area is 157 Å². The molecule has 2 aromatic heterocycles. The van der Waals surface area contributed by atoms with Gasteiger partial charge in [-0.1, -0.05) is 12.5 Å². The van der Waals surface area contributed by atoms with E-state index in [-0.39, 0.29) is 17.9 Å². The number of phenols is 1. The highest BCUT2D eigenvalue weighted by molar-refractivity contribution is 5.73. The Hall–Kier alpha value is -2.93. The van der Waals surface area contributed by atoms with Crippen molar-refractivity contribution in [3.05, 3.63) is 43.0 Å². The van der Waals surface area contributed by atoms with Crippen molar-refractivity contribution in [2.45, 2.75) is 44.2 Å². The van der Waals surface area contributed by atoms with E-state index in [0.717, 1.165) is 43.2 Å². The molecular formula is C20H23N5O2. The normalized spacial score (nSPS) is 20.2. The molecule has 1 aliphatic carbocycles. The smallest absolute Gasteiger partial charge is 0.232 e. The van der Waals surface area contributed by atoms with Gasteiger partial charge in [-0.3, -0.25) is 5.10 Å². The van der Waals surface area contributed by atoms with Crippen LogP contribution in [0.5, 0.6) is 11.6 Å². The molecule has 1 aromatic carbocycles. The maximum Gasteiger partial charge on any atom is 0.232 e. The Morgan fingerprint density at radius 3 is 2.70 bits per heavy atom. The number of aromatic hydroxyl groups is 1. The maximum atomic E-state index is 10.4. The third-order valence-corrected chi connectivity index (χ3v) is 4.94. The largest absolute Gasteiger partial charge is 0.507 e.